The van der Waals surface area contributed by atoms with E-state index in [-0.39, 0.29) is 18.3 Å². The third kappa shape index (κ3) is 5.22. The van der Waals surface area contributed by atoms with Gasteiger partial charge in [-0.25, -0.2) is 9.97 Å². The molecule has 3 rings (SSSR count). The van der Waals surface area contributed by atoms with Crippen molar-refractivity contribution in [2.45, 2.75) is 37.6 Å². The molecule has 0 radical (unpaired) electrons. The zero-order chi connectivity index (χ0) is 19.8. The quantitative estimate of drug-likeness (QED) is 0.239. The van der Waals surface area contributed by atoms with Crippen molar-refractivity contribution in [3.05, 3.63) is 30.6 Å². The molecule has 0 saturated heterocycles. The van der Waals surface area contributed by atoms with Gasteiger partial charge in [-0.1, -0.05) is 50.1 Å². The molecule has 0 aliphatic carbocycles. The molecule has 0 spiro atoms. The Morgan fingerprint density at radius 1 is 1.18 bits per heavy atom. The van der Waals surface area contributed by atoms with E-state index in [1.807, 2.05) is 24.3 Å². The van der Waals surface area contributed by atoms with Gasteiger partial charge in [0.25, 0.3) is 5.91 Å². The Balaban J connectivity index is 1.48. The summed E-state index contributed by atoms with van der Waals surface area (Å²) in [6.45, 7) is 2.48. The van der Waals surface area contributed by atoms with Gasteiger partial charge < -0.3 is 14.5 Å². The van der Waals surface area contributed by atoms with E-state index >= 15 is 0 Å². The average Bonchev–Trinajstić information content (AvgIpc) is 3.10. The highest BCUT2D eigenvalue weighted by atomic mass is 32.2. The van der Waals surface area contributed by atoms with Crippen LogP contribution in [-0.4, -0.2) is 40.7 Å². The molecule has 0 saturated carbocycles. The van der Waals surface area contributed by atoms with Crippen LogP contribution in [0.4, 0.5) is 0 Å². The number of hydrogen-bond acceptors (Lipinski definition) is 7. The van der Waals surface area contributed by atoms with Gasteiger partial charge >= 0.3 is 5.97 Å². The predicted octanol–water partition coefficient (Wildman–Crippen LogP) is 3.71. The number of esters is 1. The number of carbonyl (C=O) groups is 2. The van der Waals surface area contributed by atoms with E-state index in [0.29, 0.717) is 22.7 Å². The maximum Gasteiger partial charge on any atom is 0.316 e. The van der Waals surface area contributed by atoms with Gasteiger partial charge in [0.15, 0.2) is 12.2 Å². The molecule has 1 amide bonds. The first-order valence-corrected chi connectivity index (χ1v) is 10.3. The van der Waals surface area contributed by atoms with Gasteiger partial charge in [-0.2, -0.15) is 0 Å². The van der Waals surface area contributed by atoms with E-state index in [9.17, 15) is 9.59 Å². The Morgan fingerprint density at radius 3 is 2.89 bits per heavy atom. The molecule has 148 valence electrons. The first-order valence-electron chi connectivity index (χ1n) is 9.36. The second-order valence-corrected chi connectivity index (χ2v) is 7.28. The van der Waals surface area contributed by atoms with Crippen molar-refractivity contribution in [1.82, 2.24) is 15.3 Å². The molecule has 0 atom stereocenters. The largest absolute Gasteiger partial charge is 0.455 e. The van der Waals surface area contributed by atoms with Crippen molar-refractivity contribution < 1.29 is 18.7 Å². The zero-order valence-electron chi connectivity index (χ0n) is 15.8. The number of amides is 1. The van der Waals surface area contributed by atoms with Crippen LogP contribution in [0.25, 0.3) is 22.1 Å². The number of benzene rings is 1. The minimum Gasteiger partial charge on any atom is -0.455 e. The van der Waals surface area contributed by atoms with Crippen LogP contribution in [0, 0.1) is 0 Å². The number of furan rings is 1. The first-order chi connectivity index (χ1) is 13.7. The number of nitrogens with zero attached hydrogens (tertiary/aromatic N) is 2. The number of rotatable bonds is 10. The summed E-state index contributed by atoms with van der Waals surface area (Å²) in [5, 5.41) is 4.22. The van der Waals surface area contributed by atoms with Crippen molar-refractivity contribution in [2.24, 2.45) is 0 Å². The van der Waals surface area contributed by atoms with Gasteiger partial charge in [0.05, 0.1) is 5.75 Å². The normalized spacial score (nSPS) is 11.0. The van der Waals surface area contributed by atoms with Crippen molar-refractivity contribution in [3.8, 4) is 0 Å². The number of fused-ring (bicyclic) bond motifs is 3. The number of nitrogens with one attached hydrogen (secondary N) is 1. The number of ether oxygens (including phenoxy) is 1. The molecule has 28 heavy (non-hydrogen) atoms. The van der Waals surface area contributed by atoms with E-state index in [0.717, 1.165) is 36.7 Å². The Labute approximate surface area is 167 Å². The number of hydrogen-bond donors (Lipinski definition) is 1. The highest BCUT2D eigenvalue weighted by Gasteiger charge is 2.15. The molecular weight excluding hydrogens is 378 g/mol. The molecule has 3 aromatic rings. The number of aromatic nitrogens is 2. The van der Waals surface area contributed by atoms with Crippen molar-refractivity contribution >= 4 is 45.7 Å². The average molecular weight is 401 g/mol. The van der Waals surface area contributed by atoms with Gasteiger partial charge in [0.1, 0.15) is 22.5 Å². The summed E-state index contributed by atoms with van der Waals surface area (Å²) >= 11 is 1.20. The zero-order valence-corrected chi connectivity index (χ0v) is 16.6. The molecule has 7 nitrogen and oxygen atoms in total. The molecule has 8 heteroatoms. The minimum absolute atomic E-state index is 0.0347. The van der Waals surface area contributed by atoms with E-state index in [1.54, 1.807) is 0 Å². The van der Waals surface area contributed by atoms with Crippen molar-refractivity contribution in [3.63, 3.8) is 0 Å². The predicted molar refractivity (Wildman–Crippen MR) is 108 cm³/mol. The molecule has 2 aromatic heterocycles. The molecule has 0 unspecified atom stereocenters. The lowest BCUT2D eigenvalue weighted by atomic mass is 10.2. The number of para-hydroxylation sites is 1. The summed E-state index contributed by atoms with van der Waals surface area (Å²) in [6, 6.07) is 7.59. The lowest BCUT2D eigenvalue weighted by Gasteiger charge is -2.06. The van der Waals surface area contributed by atoms with Gasteiger partial charge in [0, 0.05) is 11.9 Å². The van der Waals surface area contributed by atoms with Crippen LogP contribution in [0.15, 0.2) is 40.0 Å². The highest BCUT2D eigenvalue weighted by Crippen LogP contribution is 2.32. The molecule has 0 fully saturated rings. The second-order valence-electron chi connectivity index (χ2n) is 6.31. The van der Waals surface area contributed by atoms with E-state index in [1.165, 1.54) is 18.1 Å². The number of unbranched alkanes of at least 4 members (excludes halogenated alkanes) is 3. The van der Waals surface area contributed by atoms with Crippen molar-refractivity contribution in [2.75, 3.05) is 18.9 Å². The van der Waals surface area contributed by atoms with Crippen LogP contribution >= 0.6 is 11.8 Å². The van der Waals surface area contributed by atoms with E-state index in [4.69, 9.17) is 9.15 Å². The van der Waals surface area contributed by atoms with Gasteiger partial charge in [-0.05, 0) is 18.6 Å². The Morgan fingerprint density at radius 2 is 2.04 bits per heavy atom. The van der Waals surface area contributed by atoms with Crippen LogP contribution in [-0.2, 0) is 14.3 Å². The molecule has 1 N–H and O–H groups in total. The molecule has 1 aromatic carbocycles. The summed E-state index contributed by atoms with van der Waals surface area (Å²) in [5.74, 6) is -0.724. The Bertz CT molecular complexity index is 957. The third-order valence-electron chi connectivity index (χ3n) is 4.17. The molecule has 2 heterocycles. The fourth-order valence-electron chi connectivity index (χ4n) is 2.75. The van der Waals surface area contributed by atoms with Crippen LogP contribution < -0.4 is 5.32 Å². The first kappa shape index (κ1) is 20.1. The van der Waals surface area contributed by atoms with Crippen LogP contribution in [0.1, 0.15) is 32.6 Å². The van der Waals surface area contributed by atoms with Crippen LogP contribution in [0.2, 0.25) is 0 Å². The highest BCUT2D eigenvalue weighted by molar-refractivity contribution is 8.00. The fraction of sp³-hybridized carbons (Fsp3) is 0.400. The van der Waals surface area contributed by atoms with Gasteiger partial charge in [-0.15, -0.1) is 0 Å². The topological polar surface area (TPSA) is 94.3 Å². The lowest BCUT2D eigenvalue weighted by Crippen LogP contribution is -2.29. The van der Waals surface area contributed by atoms with E-state index < -0.39 is 5.97 Å². The SMILES string of the molecule is CCCCCCNC(=O)COC(=O)CSc1ncnc2c1oc1ccccc12. The van der Waals surface area contributed by atoms with Gasteiger partial charge in [0.2, 0.25) is 0 Å². The fourth-order valence-corrected chi connectivity index (χ4v) is 3.48. The molecule has 0 bridgehead atoms. The maximum absolute atomic E-state index is 11.9. The number of thioether (sulfide) groups is 1. The standard InChI is InChI=1S/C20H23N3O4S/c1-2-3-4-7-10-21-16(24)11-26-17(25)12-28-20-19-18(22-13-23-20)14-8-5-6-9-15(14)27-19/h5-6,8-9,13H,2-4,7,10-12H2,1H3,(H,21,24). The maximum atomic E-state index is 11.9. The van der Waals surface area contributed by atoms with Gasteiger partial charge in [-0.3, -0.25) is 9.59 Å². The lowest BCUT2D eigenvalue weighted by molar-refractivity contribution is -0.145. The second kappa shape index (κ2) is 10.1. The smallest absolute Gasteiger partial charge is 0.316 e. The summed E-state index contributed by atoms with van der Waals surface area (Å²) < 4.78 is 10.9. The van der Waals surface area contributed by atoms with Crippen molar-refractivity contribution in [1.29, 1.82) is 0 Å². The molecule has 0 aliphatic rings. The summed E-state index contributed by atoms with van der Waals surface area (Å²) in [4.78, 5) is 32.1. The summed E-state index contributed by atoms with van der Waals surface area (Å²) in [5.41, 5.74) is 1.98. The minimum atomic E-state index is -0.478. The van der Waals surface area contributed by atoms with E-state index in [2.05, 4.69) is 22.2 Å². The summed E-state index contributed by atoms with van der Waals surface area (Å²) in [7, 11) is 0. The Hall–Kier alpha value is -2.61. The van der Waals surface area contributed by atoms with Crippen LogP contribution in [0.3, 0.4) is 0 Å². The number of carbonyl (C=O) groups excluding carboxylic acids is 2. The van der Waals surface area contributed by atoms with Crippen LogP contribution in [0.5, 0.6) is 0 Å². The Kier molecular flexibility index (Phi) is 7.25. The third-order valence-corrected chi connectivity index (χ3v) is 5.11. The summed E-state index contributed by atoms with van der Waals surface area (Å²) in [6.07, 6.45) is 5.77. The molecular formula is C20H23N3O4S. The monoisotopic (exact) mass is 401 g/mol. The molecule has 0 aliphatic heterocycles.